The fourth-order valence-corrected chi connectivity index (χ4v) is 3.60. The number of aryl methyl sites for hydroxylation is 2. The quantitative estimate of drug-likeness (QED) is 0.602. The van der Waals surface area contributed by atoms with E-state index in [1.807, 2.05) is 36.7 Å². The van der Waals surface area contributed by atoms with E-state index in [0.717, 1.165) is 28.8 Å². The minimum atomic E-state index is -0.274. The van der Waals surface area contributed by atoms with Crippen molar-refractivity contribution in [3.63, 3.8) is 0 Å². The molecule has 4 nitrogen and oxygen atoms in total. The van der Waals surface area contributed by atoms with Crippen LogP contribution < -0.4 is 0 Å². The number of rotatable bonds is 6. The van der Waals surface area contributed by atoms with Gasteiger partial charge in [0.1, 0.15) is 11.6 Å². The number of amides is 1. The summed E-state index contributed by atoms with van der Waals surface area (Å²) in [5.74, 6) is 0.615. The summed E-state index contributed by atoms with van der Waals surface area (Å²) in [6.07, 6.45) is 1.67. The van der Waals surface area contributed by atoms with E-state index in [2.05, 4.69) is 4.98 Å². The molecule has 142 valence electrons. The van der Waals surface area contributed by atoms with Crippen molar-refractivity contribution in [1.82, 2.24) is 14.5 Å². The monoisotopic (exact) mass is 387 g/mol. The van der Waals surface area contributed by atoms with Crippen molar-refractivity contribution >= 4 is 28.5 Å². The van der Waals surface area contributed by atoms with Gasteiger partial charge in [-0.3, -0.25) is 4.79 Å². The van der Waals surface area contributed by atoms with E-state index in [-0.39, 0.29) is 17.8 Å². The first-order valence-electron chi connectivity index (χ1n) is 9.02. The number of imidazole rings is 1. The zero-order valence-electron chi connectivity index (χ0n) is 15.7. The predicted octanol–water partition coefficient (Wildman–Crippen LogP) is 4.91. The number of fused-ring (bicyclic) bond motifs is 1. The summed E-state index contributed by atoms with van der Waals surface area (Å²) in [4.78, 5) is 19.1. The molecule has 2 aromatic carbocycles. The Labute approximate surface area is 163 Å². The highest BCUT2D eigenvalue weighted by atomic mass is 35.5. The molecule has 0 fully saturated rings. The molecule has 0 radical (unpaired) electrons. The van der Waals surface area contributed by atoms with Gasteiger partial charge in [-0.05, 0) is 42.3 Å². The summed E-state index contributed by atoms with van der Waals surface area (Å²) in [6.45, 7) is 2.02. The van der Waals surface area contributed by atoms with Crippen molar-refractivity contribution in [2.45, 2.75) is 32.2 Å². The molecular formula is C21H23ClFN3O. The highest BCUT2D eigenvalue weighted by Gasteiger charge is 2.21. The summed E-state index contributed by atoms with van der Waals surface area (Å²) in [5, 5.41) is 0.646. The second-order valence-electron chi connectivity index (χ2n) is 6.70. The van der Waals surface area contributed by atoms with Crippen LogP contribution in [0.15, 0.2) is 42.5 Å². The van der Waals surface area contributed by atoms with Gasteiger partial charge in [-0.2, -0.15) is 0 Å². The Hall–Kier alpha value is -2.40. The summed E-state index contributed by atoms with van der Waals surface area (Å²) in [6, 6.07) is 11.9. The second-order valence-corrected chi connectivity index (χ2v) is 7.14. The number of benzene rings is 2. The maximum Gasteiger partial charge on any atom is 0.223 e. The predicted molar refractivity (Wildman–Crippen MR) is 106 cm³/mol. The van der Waals surface area contributed by atoms with E-state index >= 15 is 0 Å². The molecule has 1 aromatic heterocycles. The zero-order valence-corrected chi connectivity index (χ0v) is 16.5. The van der Waals surface area contributed by atoms with Crippen LogP contribution in [0.2, 0.25) is 5.02 Å². The number of carbonyl (C=O) groups is 1. The highest BCUT2D eigenvalue weighted by molar-refractivity contribution is 6.31. The highest BCUT2D eigenvalue weighted by Crippen LogP contribution is 2.25. The van der Waals surface area contributed by atoms with Gasteiger partial charge in [0.25, 0.3) is 0 Å². The SMILES string of the molecule is CCC(c1ccc(F)cc1)N(C)C(=O)CCc1nc2cc(Cl)ccc2n1C. The van der Waals surface area contributed by atoms with Crippen LogP contribution in [-0.4, -0.2) is 27.4 Å². The molecule has 0 N–H and O–H groups in total. The smallest absolute Gasteiger partial charge is 0.223 e. The molecular weight excluding hydrogens is 365 g/mol. The van der Waals surface area contributed by atoms with Gasteiger partial charge in [0.05, 0.1) is 17.1 Å². The molecule has 0 bridgehead atoms. The summed E-state index contributed by atoms with van der Waals surface area (Å²) in [7, 11) is 3.74. The van der Waals surface area contributed by atoms with E-state index in [0.29, 0.717) is 17.9 Å². The molecule has 0 spiro atoms. The van der Waals surface area contributed by atoms with Crippen molar-refractivity contribution in [3.8, 4) is 0 Å². The molecule has 0 saturated heterocycles. The Bertz CT molecular complexity index is 952. The molecule has 1 atom stereocenters. The largest absolute Gasteiger partial charge is 0.339 e. The van der Waals surface area contributed by atoms with Gasteiger partial charge < -0.3 is 9.47 Å². The Morgan fingerprint density at radius 2 is 1.96 bits per heavy atom. The second kappa shape index (κ2) is 8.09. The zero-order chi connectivity index (χ0) is 19.6. The minimum Gasteiger partial charge on any atom is -0.339 e. The van der Waals surface area contributed by atoms with Gasteiger partial charge in [-0.15, -0.1) is 0 Å². The molecule has 3 aromatic rings. The molecule has 0 aliphatic rings. The lowest BCUT2D eigenvalue weighted by molar-refractivity contribution is -0.132. The number of hydrogen-bond acceptors (Lipinski definition) is 2. The minimum absolute atomic E-state index is 0.0382. The number of hydrogen-bond donors (Lipinski definition) is 0. The fraction of sp³-hybridized carbons (Fsp3) is 0.333. The van der Waals surface area contributed by atoms with Crippen molar-refractivity contribution in [1.29, 1.82) is 0 Å². The molecule has 27 heavy (non-hydrogen) atoms. The van der Waals surface area contributed by atoms with E-state index in [1.165, 1.54) is 12.1 Å². The summed E-state index contributed by atoms with van der Waals surface area (Å²) < 4.78 is 15.2. The van der Waals surface area contributed by atoms with Gasteiger partial charge in [0.15, 0.2) is 0 Å². The normalized spacial score (nSPS) is 12.3. The van der Waals surface area contributed by atoms with Gasteiger partial charge in [-0.25, -0.2) is 9.37 Å². The number of nitrogens with zero attached hydrogens (tertiary/aromatic N) is 3. The van der Waals surface area contributed by atoms with Crippen LogP contribution >= 0.6 is 11.6 Å². The van der Waals surface area contributed by atoms with Crippen molar-refractivity contribution < 1.29 is 9.18 Å². The van der Waals surface area contributed by atoms with Gasteiger partial charge >= 0.3 is 0 Å². The summed E-state index contributed by atoms with van der Waals surface area (Å²) in [5.41, 5.74) is 2.76. The summed E-state index contributed by atoms with van der Waals surface area (Å²) >= 11 is 6.03. The Morgan fingerprint density at radius 1 is 1.26 bits per heavy atom. The van der Waals surface area contributed by atoms with Gasteiger partial charge in [-0.1, -0.05) is 30.7 Å². The van der Waals surface area contributed by atoms with Crippen LogP contribution in [0.3, 0.4) is 0 Å². The van der Waals surface area contributed by atoms with E-state index in [9.17, 15) is 9.18 Å². The third-order valence-electron chi connectivity index (χ3n) is 5.00. The molecule has 1 unspecified atom stereocenters. The number of carbonyl (C=O) groups excluding carboxylic acids is 1. The molecule has 3 rings (SSSR count). The molecule has 1 amide bonds. The molecule has 0 aliphatic heterocycles. The standard InChI is InChI=1S/C21H23ClFN3O/c1-4-18(14-5-8-16(23)9-6-14)26(3)21(27)12-11-20-24-17-13-15(22)7-10-19(17)25(20)2/h5-10,13,18H,4,11-12H2,1-3H3. The Morgan fingerprint density at radius 3 is 2.63 bits per heavy atom. The van der Waals surface area contributed by atoms with Crippen LogP contribution in [0, 0.1) is 5.82 Å². The third-order valence-corrected chi connectivity index (χ3v) is 5.24. The van der Waals surface area contributed by atoms with Crippen LogP contribution in [-0.2, 0) is 18.3 Å². The Balaban J connectivity index is 1.71. The third kappa shape index (κ3) is 4.14. The maximum absolute atomic E-state index is 13.2. The molecule has 0 saturated carbocycles. The average Bonchev–Trinajstić information content (AvgIpc) is 2.96. The lowest BCUT2D eigenvalue weighted by Gasteiger charge is -2.28. The van der Waals surface area contributed by atoms with Crippen LogP contribution in [0.1, 0.15) is 37.2 Å². The van der Waals surface area contributed by atoms with Crippen molar-refractivity contribution in [3.05, 3.63) is 64.7 Å². The molecule has 1 heterocycles. The first-order chi connectivity index (χ1) is 12.9. The van der Waals surface area contributed by atoms with Crippen molar-refractivity contribution in [2.75, 3.05) is 7.05 Å². The molecule has 6 heteroatoms. The topological polar surface area (TPSA) is 38.1 Å². The maximum atomic E-state index is 13.2. The average molecular weight is 388 g/mol. The Kier molecular flexibility index (Phi) is 5.80. The van der Waals surface area contributed by atoms with Crippen molar-refractivity contribution in [2.24, 2.45) is 7.05 Å². The fourth-order valence-electron chi connectivity index (χ4n) is 3.43. The van der Waals surface area contributed by atoms with E-state index < -0.39 is 0 Å². The van der Waals surface area contributed by atoms with E-state index in [4.69, 9.17) is 11.6 Å². The van der Waals surface area contributed by atoms with E-state index in [1.54, 1.807) is 24.1 Å². The van der Waals surface area contributed by atoms with Gasteiger partial charge in [0, 0.05) is 32.0 Å². The van der Waals surface area contributed by atoms with Crippen LogP contribution in [0.5, 0.6) is 0 Å². The van der Waals surface area contributed by atoms with Crippen LogP contribution in [0.4, 0.5) is 4.39 Å². The number of aromatic nitrogens is 2. The van der Waals surface area contributed by atoms with Crippen LogP contribution in [0.25, 0.3) is 11.0 Å². The molecule has 0 aliphatic carbocycles. The first kappa shape index (κ1) is 19.4. The lowest BCUT2D eigenvalue weighted by atomic mass is 10.0. The lowest BCUT2D eigenvalue weighted by Crippen LogP contribution is -2.31. The van der Waals surface area contributed by atoms with Gasteiger partial charge in [0.2, 0.25) is 5.91 Å². The number of halogens is 2. The first-order valence-corrected chi connectivity index (χ1v) is 9.40.